The Balaban J connectivity index is 1.32. The van der Waals surface area contributed by atoms with Gasteiger partial charge in [0, 0.05) is 37.6 Å². The summed E-state index contributed by atoms with van der Waals surface area (Å²) in [7, 11) is 0. The van der Waals surface area contributed by atoms with E-state index in [9.17, 15) is 0 Å². The first-order valence-corrected chi connectivity index (χ1v) is 10.9. The number of morpholine rings is 1. The zero-order valence-corrected chi connectivity index (χ0v) is 17.6. The fourth-order valence-corrected chi connectivity index (χ4v) is 4.27. The average molecular weight is 432 g/mol. The summed E-state index contributed by atoms with van der Waals surface area (Å²) < 4.78 is 15.5. The number of nitrogens with zero attached hydrogens (tertiary/aromatic N) is 7. The number of aromatic nitrogens is 7. The van der Waals surface area contributed by atoms with Crippen molar-refractivity contribution in [3.05, 3.63) is 43.1 Å². The Kier molecular flexibility index (Phi) is 4.93. The van der Waals surface area contributed by atoms with E-state index >= 15 is 0 Å². The van der Waals surface area contributed by atoms with Gasteiger partial charge < -0.3 is 14.0 Å². The molecule has 2 aliphatic heterocycles. The quantitative estimate of drug-likeness (QED) is 0.514. The van der Waals surface area contributed by atoms with Gasteiger partial charge in [0.25, 0.3) is 0 Å². The molecule has 0 aliphatic carbocycles. The molecule has 4 aromatic rings. The van der Waals surface area contributed by atoms with Crippen LogP contribution in [0.5, 0.6) is 5.75 Å². The molecule has 1 saturated heterocycles. The highest BCUT2D eigenvalue weighted by atomic mass is 16.5. The molecule has 1 fully saturated rings. The van der Waals surface area contributed by atoms with Crippen LogP contribution in [0, 0.1) is 0 Å². The summed E-state index contributed by atoms with van der Waals surface area (Å²) in [5.74, 6) is 2.50. The molecule has 5 heterocycles. The minimum Gasteiger partial charge on any atom is -0.491 e. The van der Waals surface area contributed by atoms with Gasteiger partial charge in [-0.25, -0.2) is 14.6 Å². The third-order valence-electron chi connectivity index (χ3n) is 5.99. The molecule has 1 N–H and O–H groups in total. The summed E-state index contributed by atoms with van der Waals surface area (Å²) in [5.41, 5.74) is 3.87. The Morgan fingerprint density at radius 3 is 2.81 bits per heavy atom. The van der Waals surface area contributed by atoms with Crippen LogP contribution in [0.15, 0.2) is 43.1 Å². The van der Waals surface area contributed by atoms with Crippen LogP contribution < -0.4 is 4.74 Å². The fourth-order valence-electron chi connectivity index (χ4n) is 4.27. The van der Waals surface area contributed by atoms with Gasteiger partial charge in [0.1, 0.15) is 30.2 Å². The Hall–Kier alpha value is -3.50. The number of fused-ring (bicyclic) bond motifs is 3. The van der Waals surface area contributed by atoms with Crippen molar-refractivity contribution in [1.29, 1.82) is 0 Å². The molecule has 0 unspecified atom stereocenters. The van der Waals surface area contributed by atoms with Crippen LogP contribution in [0.4, 0.5) is 0 Å². The molecule has 0 radical (unpaired) electrons. The zero-order chi connectivity index (χ0) is 21.3. The van der Waals surface area contributed by atoms with Crippen molar-refractivity contribution >= 4 is 0 Å². The molecular formula is C22H24N8O2. The van der Waals surface area contributed by atoms with E-state index in [1.54, 1.807) is 6.33 Å². The molecule has 10 nitrogen and oxygen atoms in total. The highest BCUT2D eigenvalue weighted by molar-refractivity contribution is 5.75. The van der Waals surface area contributed by atoms with Crippen LogP contribution in [0.1, 0.15) is 0 Å². The van der Waals surface area contributed by atoms with Gasteiger partial charge in [-0.2, -0.15) is 10.2 Å². The van der Waals surface area contributed by atoms with Gasteiger partial charge in [0.2, 0.25) is 0 Å². The van der Waals surface area contributed by atoms with Crippen LogP contribution in [0.3, 0.4) is 0 Å². The summed E-state index contributed by atoms with van der Waals surface area (Å²) in [6.07, 6.45) is 7.35. The van der Waals surface area contributed by atoms with Crippen LogP contribution in [-0.2, 0) is 17.8 Å². The minimum atomic E-state index is 0.588. The molecule has 32 heavy (non-hydrogen) atoms. The van der Waals surface area contributed by atoms with E-state index in [2.05, 4.69) is 35.8 Å². The van der Waals surface area contributed by atoms with Crippen molar-refractivity contribution in [3.8, 4) is 39.8 Å². The van der Waals surface area contributed by atoms with E-state index in [0.29, 0.717) is 6.61 Å². The molecule has 2 aliphatic rings. The first-order chi connectivity index (χ1) is 15.8. The van der Waals surface area contributed by atoms with E-state index in [0.717, 1.165) is 85.7 Å². The molecule has 164 valence electrons. The van der Waals surface area contributed by atoms with Crippen molar-refractivity contribution in [2.24, 2.45) is 0 Å². The number of aromatic amines is 1. The summed E-state index contributed by atoms with van der Waals surface area (Å²) in [4.78, 5) is 11.9. The predicted octanol–water partition coefficient (Wildman–Crippen LogP) is 1.92. The van der Waals surface area contributed by atoms with Gasteiger partial charge in [0.05, 0.1) is 38.1 Å². The lowest BCUT2D eigenvalue weighted by Gasteiger charge is -2.26. The summed E-state index contributed by atoms with van der Waals surface area (Å²) in [6, 6.07) is 6.16. The molecule has 1 aromatic carbocycles. The SMILES string of the molecule is c1nc(-c2cn3c(n2)-c2cc(-c4cn[nH]c4)ccc2OCC3)n(CCN2CCOCC2)n1. The van der Waals surface area contributed by atoms with Crippen molar-refractivity contribution in [2.45, 2.75) is 13.1 Å². The molecule has 0 atom stereocenters. The molecule has 10 heteroatoms. The van der Waals surface area contributed by atoms with E-state index < -0.39 is 0 Å². The van der Waals surface area contributed by atoms with Crippen LogP contribution in [0.2, 0.25) is 0 Å². The lowest BCUT2D eigenvalue weighted by atomic mass is 10.0. The maximum Gasteiger partial charge on any atom is 0.178 e. The van der Waals surface area contributed by atoms with Crippen molar-refractivity contribution < 1.29 is 9.47 Å². The normalized spacial score (nSPS) is 16.2. The number of hydrogen-bond donors (Lipinski definition) is 1. The topological polar surface area (TPSA) is 98.9 Å². The monoisotopic (exact) mass is 432 g/mol. The van der Waals surface area contributed by atoms with E-state index in [4.69, 9.17) is 14.5 Å². The second-order valence-corrected chi connectivity index (χ2v) is 7.95. The summed E-state index contributed by atoms with van der Waals surface area (Å²) >= 11 is 0. The minimum absolute atomic E-state index is 0.588. The van der Waals surface area contributed by atoms with Crippen molar-refractivity contribution in [3.63, 3.8) is 0 Å². The van der Waals surface area contributed by atoms with Crippen molar-refractivity contribution in [2.75, 3.05) is 39.5 Å². The number of ether oxygens (including phenoxy) is 2. The first-order valence-electron chi connectivity index (χ1n) is 10.9. The van der Waals surface area contributed by atoms with E-state index in [-0.39, 0.29) is 0 Å². The molecule has 3 aromatic heterocycles. The largest absolute Gasteiger partial charge is 0.491 e. The lowest BCUT2D eigenvalue weighted by molar-refractivity contribution is 0.0360. The second-order valence-electron chi connectivity index (χ2n) is 7.95. The Bertz CT molecular complexity index is 1210. The number of benzene rings is 1. The van der Waals surface area contributed by atoms with Crippen LogP contribution >= 0.6 is 0 Å². The Morgan fingerprint density at radius 1 is 1.00 bits per heavy atom. The highest BCUT2D eigenvalue weighted by Crippen LogP contribution is 2.36. The maximum atomic E-state index is 5.99. The molecular weight excluding hydrogens is 408 g/mol. The molecule has 0 spiro atoms. The number of imidazole rings is 1. The molecule has 6 rings (SSSR count). The smallest absolute Gasteiger partial charge is 0.178 e. The third kappa shape index (κ3) is 3.57. The molecule has 0 amide bonds. The number of hydrogen-bond acceptors (Lipinski definition) is 7. The fraction of sp³-hybridized carbons (Fsp3) is 0.364. The second kappa shape index (κ2) is 8.21. The third-order valence-corrected chi connectivity index (χ3v) is 5.99. The Morgan fingerprint density at radius 2 is 1.94 bits per heavy atom. The lowest BCUT2D eigenvalue weighted by Crippen LogP contribution is -2.38. The van der Waals surface area contributed by atoms with Crippen LogP contribution in [-0.4, -0.2) is 78.9 Å². The van der Waals surface area contributed by atoms with Crippen LogP contribution in [0.25, 0.3) is 34.0 Å². The van der Waals surface area contributed by atoms with Gasteiger partial charge in [0.15, 0.2) is 5.82 Å². The summed E-state index contributed by atoms with van der Waals surface area (Å²) in [6.45, 7) is 6.49. The number of nitrogens with one attached hydrogen (secondary N) is 1. The molecule has 0 bridgehead atoms. The van der Waals surface area contributed by atoms with Gasteiger partial charge in [-0.1, -0.05) is 6.07 Å². The van der Waals surface area contributed by atoms with Gasteiger partial charge in [-0.3, -0.25) is 10.00 Å². The summed E-state index contributed by atoms with van der Waals surface area (Å²) in [5, 5.41) is 11.4. The van der Waals surface area contributed by atoms with Crippen molar-refractivity contribution in [1.82, 2.24) is 39.4 Å². The van der Waals surface area contributed by atoms with E-state index in [1.165, 1.54) is 0 Å². The van der Waals surface area contributed by atoms with Gasteiger partial charge in [-0.05, 0) is 17.7 Å². The zero-order valence-electron chi connectivity index (χ0n) is 17.6. The standard InChI is InChI=1S/C22H24N8O2/c1-2-20-18(11-16(1)17-12-24-25-13-17)21-27-19(14-29(21)7-10-32-20)22-23-15-26-30(22)4-3-28-5-8-31-9-6-28/h1-2,11-15H,3-10H2,(H,24,25). The highest BCUT2D eigenvalue weighted by Gasteiger charge is 2.22. The van der Waals surface area contributed by atoms with Gasteiger partial charge >= 0.3 is 0 Å². The number of H-pyrrole nitrogens is 1. The maximum absolute atomic E-state index is 5.99. The molecule has 0 saturated carbocycles. The van der Waals surface area contributed by atoms with Gasteiger partial charge in [-0.15, -0.1) is 0 Å². The predicted molar refractivity (Wildman–Crippen MR) is 117 cm³/mol. The Labute approximate surface area is 184 Å². The van der Waals surface area contributed by atoms with E-state index in [1.807, 2.05) is 35.4 Å². The number of rotatable bonds is 5. The average Bonchev–Trinajstić information content (AvgIpc) is 3.58. The first kappa shape index (κ1) is 19.2.